The van der Waals surface area contributed by atoms with Gasteiger partial charge in [0.2, 0.25) is 5.75 Å². The van der Waals surface area contributed by atoms with E-state index < -0.39 is 0 Å². The van der Waals surface area contributed by atoms with Gasteiger partial charge in [-0.15, -0.1) is 0 Å². The second-order valence-electron chi connectivity index (χ2n) is 6.02. The Morgan fingerprint density at radius 1 is 0.920 bits per heavy atom. The van der Waals surface area contributed by atoms with Gasteiger partial charge in [0, 0.05) is 12.6 Å². The summed E-state index contributed by atoms with van der Waals surface area (Å²) in [6, 6.07) is 11.6. The van der Waals surface area contributed by atoms with Crippen LogP contribution in [-0.2, 0) is 13.0 Å². The number of nitrogens with one attached hydrogen (secondary N) is 1. The molecular formula is C20H27NO4. The van der Waals surface area contributed by atoms with Crippen molar-refractivity contribution in [3.05, 3.63) is 47.5 Å². The van der Waals surface area contributed by atoms with Crippen molar-refractivity contribution in [3.8, 4) is 23.0 Å². The number of aryl methyl sites for hydroxylation is 1. The van der Waals surface area contributed by atoms with Gasteiger partial charge in [0.15, 0.2) is 11.5 Å². The minimum absolute atomic E-state index is 0.303. The van der Waals surface area contributed by atoms with Gasteiger partial charge in [0.1, 0.15) is 5.75 Å². The van der Waals surface area contributed by atoms with Gasteiger partial charge in [0.05, 0.1) is 21.3 Å². The highest BCUT2D eigenvalue weighted by atomic mass is 16.5. The molecule has 2 N–H and O–H groups in total. The lowest BCUT2D eigenvalue weighted by molar-refractivity contribution is 0.323. The predicted molar refractivity (Wildman–Crippen MR) is 98.8 cm³/mol. The zero-order valence-corrected chi connectivity index (χ0v) is 15.3. The van der Waals surface area contributed by atoms with Crippen LogP contribution < -0.4 is 19.5 Å². The fourth-order valence-electron chi connectivity index (χ4n) is 2.68. The summed E-state index contributed by atoms with van der Waals surface area (Å²) in [5, 5.41) is 12.8. The first kappa shape index (κ1) is 18.9. The summed E-state index contributed by atoms with van der Waals surface area (Å²) in [5.74, 6) is 2.23. The molecule has 0 amide bonds. The summed E-state index contributed by atoms with van der Waals surface area (Å²) in [7, 11) is 4.84. The summed E-state index contributed by atoms with van der Waals surface area (Å²) in [6.45, 7) is 2.88. The average Bonchev–Trinajstić information content (AvgIpc) is 2.64. The van der Waals surface area contributed by atoms with E-state index in [-0.39, 0.29) is 0 Å². The molecule has 1 unspecified atom stereocenters. The maximum absolute atomic E-state index is 9.33. The standard InChI is InChI=1S/C20H27NO4/c1-14(5-6-15-7-9-17(22)10-8-15)21-13-16-11-18(23-2)20(25-4)19(12-16)24-3/h7-12,14,21-22H,5-6,13H2,1-4H3. The molecule has 5 nitrogen and oxygen atoms in total. The van der Waals surface area contributed by atoms with Gasteiger partial charge in [-0.2, -0.15) is 0 Å². The number of phenolic OH excluding ortho intramolecular Hbond substituents is 1. The van der Waals surface area contributed by atoms with Crippen LogP contribution in [0.3, 0.4) is 0 Å². The number of phenols is 1. The molecule has 0 radical (unpaired) electrons. The molecule has 2 aromatic carbocycles. The molecule has 0 fully saturated rings. The van der Waals surface area contributed by atoms with Gasteiger partial charge in [-0.05, 0) is 55.2 Å². The number of hydrogen-bond acceptors (Lipinski definition) is 5. The Balaban J connectivity index is 1.92. The predicted octanol–water partition coefficient (Wildman–Crippen LogP) is 3.53. The lowest BCUT2D eigenvalue weighted by atomic mass is 10.1. The quantitative estimate of drug-likeness (QED) is 0.728. The summed E-state index contributed by atoms with van der Waals surface area (Å²) in [6.07, 6.45) is 1.97. The molecule has 0 aromatic heterocycles. The van der Waals surface area contributed by atoms with E-state index in [0.717, 1.165) is 18.4 Å². The maximum Gasteiger partial charge on any atom is 0.203 e. The minimum atomic E-state index is 0.303. The molecule has 0 heterocycles. The van der Waals surface area contributed by atoms with Crippen molar-refractivity contribution in [3.63, 3.8) is 0 Å². The summed E-state index contributed by atoms with van der Waals surface area (Å²) in [4.78, 5) is 0. The topological polar surface area (TPSA) is 60.0 Å². The second-order valence-corrected chi connectivity index (χ2v) is 6.02. The third-order valence-corrected chi connectivity index (χ3v) is 4.18. The monoisotopic (exact) mass is 345 g/mol. The van der Waals surface area contributed by atoms with Crippen molar-refractivity contribution < 1.29 is 19.3 Å². The minimum Gasteiger partial charge on any atom is -0.508 e. The van der Waals surface area contributed by atoms with E-state index in [1.54, 1.807) is 33.5 Å². The van der Waals surface area contributed by atoms with Gasteiger partial charge >= 0.3 is 0 Å². The van der Waals surface area contributed by atoms with Crippen molar-refractivity contribution in [2.24, 2.45) is 0 Å². The van der Waals surface area contributed by atoms with Crippen LogP contribution in [0.25, 0.3) is 0 Å². The van der Waals surface area contributed by atoms with Crippen molar-refractivity contribution in [1.82, 2.24) is 5.32 Å². The van der Waals surface area contributed by atoms with Gasteiger partial charge in [-0.1, -0.05) is 12.1 Å². The molecule has 0 bridgehead atoms. The van der Waals surface area contributed by atoms with Crippen LogP contribution in [0, 0.1) is 0 Å². The molecule has 2 aromatic rings. The molecule has 0 aliphatic heterocycles. The van der Waals surface area contributed by atoms with Gasteiger partial charge in [-0.3, -0.25) is 0 Å². The van der Waals surface area contributed by atoms with Crippen LogP contribution in [-0.4, -0.2) is 32.5 Å². The molecule has 136 valence electrons. The molecule has 2 rings (SSSR count). The van der Waals surface area contributed by atoms with Crippen LogP contribution >= 0.6 is 0 Å². The van der Waals surface area contributed by atoms with E-state index in [1.165, 1.54) is 5.56 Å². The van der Waals surface area contributed by atoms with Gasteiger partial charge < -0.3 is 24.6 Å². The first-order valence-electron chi connectivity index (χ1n) is 8.37. The molecule has 5 heteroatoms. The summed E-state index contributed by atoms with van der Waals surface area (Å²) >= 11 is 0. The van der Waals surface area contributed by atoms with Gasteiger partial charge in [-0.25, -0.2) is 0 Å². The van der Waals surface area contributed by atoms with Crippen molar-refractivity contribution in [2.75, 3.05) is 21.3 Å². The Labute approximate surface area is 149 Å². The molecule has 0 spiro atoms. The van der Waals surface area contributed by atoms with E-state index in [9.17, 15) is 5.11 Å². The largest absolute Gasteiger partial charge is 0.508 e. The van der Waals surface area contributed by atoms with Gasteiger partial charge in [0.25, 0.3) is 0 Å². The first-order chi connectivity index (χ1) is 12.1. The Kier molecular flexibility index (Phi) is 6.95. The molecule has 25 heavy (non-hydrogen) atoms. The molecule has 0 aliphatic carbocycles. The highest BCUT2D eigenvalue weighted by molar-refractivity contribution is 5.53. The van der Waals surface area contributed by atoms with E-state index in [4.69, 9.17) is 14.2 Å². The van der Waals surface area contributed by atoms with Crippen LogP contribution in [0.4, 0.5) is 0 Å². The zero-order chi connectivity index (χ0) is 18.2. The maximum atomic E-state index is 9.33. The number of hydrogen-bond donors (Lipinski definition) is 2. The van der Waals surface area contributed by atoms with Crippen LogP contribution in [0.2, 0.25) is 0 Å². The Morgan fingerprint density at radius 2 is 1.52 bits per heavy atom. The van der Waals surface area contributed by atoms with Crippen LogP contribution in [0.5, 0.6) is 23.0 Å². The molecule has 1 atom stereocenters. The lowest BCUT2D eigenvalue weighted by Gasteiger charge is -2.17. The normalized spacial score (nSPS) is 11.8. The molecular weight excluding hydrogens is 318 g/mol. The SMILES string of the molecule is COc1cc(CNC(C)CCc2ccc(O)cc2)cc(OC)c1OC. The number of ether oxygens (including phenoxy) is 3. The third kappa shape index (κ3) is 5.29. The number of methoxy groups -OCH3 is 3. The number of benzene rings is 2. The summed E-state index contributed by atoms with van der Waals surface area (Å²) < 4.78 is 16.1. The molecule has 0 saturated heterocycles. The van der Waals surface area contributed by atoms with Crippen molar-refractivity contribution >= 4 is 0 Å². The smallest absolute Gasteiger partial charge is 0.203 e. The first-order valence-corrected chi connectivity index (χ1v) is 8.37. The highest BCUT2D eigenvalue weighted by Crippen LogP contribution is 2.38. The molecule has 0 saturated carbocycles. The molecule has 0 aliphatic rings. The number of aromatic hydroxyl groups is 1. The fourth-order valence-corrected chi connectivity index (χ4v) is 2.68. The van der Waals surface area contributed by atoms with Crippen molar-refractivity contribution in [2.45, 2.75) is 32.4 Å². The Morgan fingerprint density at radius 3 is 2.04 bits per heavy atom. The third-order valence-electron chi connectivity index (χ3n) is 4.18. The lowest BCUT2D eigenvalue weighted by Crippen LogP contribution is -2.26. The Bertz CT molecular complexity index is 645. The Hall–Kier alpha value is -2.40. The second kappa shape index (κ2) is 9.18. The van der Waals surface area contributed by atoms with Crippen molar-refractivity contribution in [1.29, 1.82) is 0 Å². The zero-order valence-electron chi connectivity index (χ0n) is 15.3. The average molecular weight is 345 g/mol. The van der Waals surface area contributed by atoms with E-state index in [1.807, 2.05) is 24.3 Å². The fraction of sp³-hybridized carbons (Fsp3) is 0.400. The van der Waals surface area contributed by atoms with Crippen LogP contribution in [0.1, 0.15) is 24.5 Å². The van der Waals surface area contributed by atoms with E-state index in [2.05, 4.69) is 12.2 Å². The van der Waals surface area contributed by atoms with E-state index >= 15 is 0 Å². The van der Waals surface area contributed by atoms with Crippen LogP contribution in [0.15, 0.2) is 36.4 Å². The van der Waals surface area contributed by atoms with E-state index in [0.29, 0.717) is 35.6 Å². The highest BCUT2D eigenvalue weighted by Gasteiger charge is 2.13. The number of rotatable bonds is 9. The summed E-state index contributed by atoms with van der Waals surface area (Å²) in [5.41, 5.74) is 2.30.